The molecule has 1 aromatic rings. The molecule has 110 valence electrons. The molecule has 0 bridgehead atoms. The highest BCUT2D eigenvalue weighted by molar-refractivity contribution is 7.91. The first-order valence-electron chi connectivity index (χ1n) is 6.20. The van der Waals surface area contributed by atoms with Crippen LogP contribution in [0.2, 0.25) is 0 Å². The third-order valence-electron chi connectivity index (χ3n) is 2.80. The molecule has 1 unspecified atom stereocenters. The lowest BCUT2D eigenvalue weighted by atomic mass is 10.1. The summed E-state index contributed by atoms with van der Waals surface area (Å²) in [5.74, 6) is 0.228. The van der Waals surface area contributed by atoms with Gasteiger partial charge in [-0.1, -0.05) is 13.8 Å². The standard InChI is InChI=1S/C12H23N3O2S2/c1-9(2)11(7-15(3)4)14-19(16,17)12-5-10(6-13)8-18-12/h5,8-9,11,14H,6-7,13H2,1-4H3. The Hall–Kier alpha value is -0.470. The van der Waals surface area contributed by atoms with E-state index in [0.29, 0.717) is 17.3 Å². The fourth-order valence-electron chi connectivity index (χ4n) is 1.64. The predicted octanol–water partition coefficient (Wildman–Crippen LogP) is 1.07. The Morgan fingerprint density at radius 2 is 2.05 bits per heavy atom. The quantitative estimate of drug-likeness (QED) is 0.790. The van der Waals surface area contributed by atoms with Gasteiger partial charge in [0.15, 0.2) is 0 Å². The summed E-state index contributed by atoms with van der Waals surface area (Å²) in [4.78, 5) is 1.98. The molecule has 1 atom stereocenters. The molecular weight excluding hydrogens is 282 g/mol. The number of sulfonamides is 1. The Labute approximate surface area is 119 Å². The fraction of sp³-hybridized carbons (Fsp3) is 0.667. The van der Waals surface area contributed by atoms with E-state index < -0.39 is 10.0 Å². The van der Waals surface area contributed by atoms with Gasteiger partial charge in [0.2, 0.25) is 10.0 Å². The number of nitrogens with two attached hydrogens (primary N) is 1. The van der Waals surface area contributed by atoms with E-state index in [1.807, 2.05) is 32.8 Å². The lowest BCUT2D eigenvalue weighted by Crippen LogP contribution is -2.44. The van der Waals surface area contributed by atoms with Crippen LogP contribution in [0.1, 0.15) is 19.4 Å². The van der Waals surface area contributed by atoms with Crippen LogP contribution in [0.5, 0.6) is 0 Å². The third kappa shape index (κ3) is 4.85. The molecule has 1 aromatic heterocycles. The van der Waals surface area contributed by atoms with Crippen LogP contribution in [0.3, 0.4) is 0 Å². The Morgan fingerprint density at radius 3 is 2.47 bits per heavy atom. The van der Waals surface area contributed by atoms with Gasteiger partial charge >= 0.3 is 0 Å². The van der Waals surface area contributed by atoms with E-state index in [1.165, 1.54) is 11.3 Å². The van der Waals surface area contributed by atoms with Crippen LogP contribution in [0, 0.1) is 5.92 Å². The number of likely N-dealkylation sites (N-methyl/N-ethyl adjacent to an activating group) is 1. The summed E-state index contributed by atoms with van der Waals surface area (Å²) in [6.07, 6.45) is 0. The van der Waals surface area contributed by atoms with Crippen LogP contribution in [-0.2, 0) is 16.6 Å². The molecule has 0 aliphatic rings. The zero-order chi connectivity index (χ0) is 14.6. The molecule has 1 rings (SSSR count). The molecule has 19 heavy (non-hydrogen) atoms. The molecule has 3 N–H and O–H groups in total. The van der Waals surface area contributed by atoms with Crippen LogP contribution in [0.4, 0.5) is 0 Å². The minimum atomic E-state index is -3.45. The van der Waals surface area contributed by atoms with E-state index in [-0.39, 0.29) is 12.0 Å². The zero-order valence-electron chi connectivity index (χ0n) is 11.9. The second kappa shape index (κ2) is 6.81. The minimum Gasteiger partial charge on any atom is -0.326 e. The number of nitrogens with zero attached hydrogens (tertiary/aromatic N) is 1. The fourth-order valence-corrected chi connectivity index (χ4v) is 4.25. The SMILES string of the molecule is CC(C)C(CN(C)C)NS(=O)(=O)c1cc(CN)cs1. The summed E-state index contributed by atoms with van der Waals surface area (Å²) in [5.41, 5.74) is 6.35. The van der Waals surface area contributed by atoms with E-state index >= 15 is 0 Å². The van der Waals surface area contributed by atoms with Gasteiger partial charge in [-0.3, -0.25) is 0 Å². The Kier molecular flexibility index (Phi) is 5.94. The third-order valence-corrected chi connectivity index (χ3v) is 5.78. The van der Waals surface area contributed by atoms with Crippen molar-refractivity contribution in [3.8, 4) is 0 Å². The molecule has 0 radical (unpaired) electrons. The number of nitrogens with one attached hydrogen (secondary N) is 1. The zero-order valence-corrected chi connectivity index (χ0v) is 13.5. The monoisotopic (exact) mass is 305 g/mol. The molecule has 1 heterocycles. The highest BCUT2D eigenvalue weighted by Gasteiger charge is 2.24. The van der Waals surface area contributed by atoms with Gasteiger partial charge in [0, 0.05) is 19.1 Å². The summed E-state index contributed by atoms with van der Waals surface area (Å²) < 4.78 is 27.7. The summed E-state index contributed by atoms with van der Waals surface area (Å²) in [7, 11) is 0.411. The largest absolute Gasteiger partial charge is 0.326 e. The minimum absolute atomic E-state index is 0.108. The lowest BCUT2D eigenvalue weighted by molar-refractivity contribution is 0.314. The van der Waals surface area contributed by atoms with Crippen molar-refractivity contribution in [1.29, 1.82) is 0 Å². The normalized spacial score (nSPS) is 14.3. The summed E-state index contributed by atoms with van der Waals surface area (Å²) in [6, 6.07) is 1.53. The van der Waals surface area contributed by atoms with Crippen LogP contribution < -0.4 is 10.5 Å². The molecule has 0 saturated carbocycles. The molecule has 5 nitrogen and oxygen atoms in total. The second-order valence-corrected chi connectivity index (χ2v) is 8.06. The van der Waals surface area contributed by atoms with Crippen molar-refractivity contribution in [2.75, 3.05) is 20.6 Å². The van der Waals surface area contributed by atoms with Gasteiger partial charge in [-0.05, 0) is 37.0 Å². The van der Waals surface area contributed by atoms with E-state index in [9.17, 15) is 8.42 Å². The highest BCUT2D eigenvalue weighted by Crippen LogP contribution is 2.20. The average molecular weight is 305 g/mol. The van der Waals surface area contributed by atoms with Crippen LogP contribution in [0.15, 0.2) is 15.7 Å². The van der Waals surface area contributed by atoms with Crippen LogP contribution >= 0.6 is 11.3 Å². The number of hydrogen-bond donors (Lipinski definition) is 2. The molecule has 0 spiro atoms. The van der Waals surface area contributed by atoms with Gasteiger partial charge in [-0.2, -0.15) is 0 Å². The van der Waals surface area contributed by atoms with Crippen molar-refractivity contribution >= 4 is 21.4 Å². The number of hydrogen-bond acceptors (Lipinski definition) is 5. The molecule has 0 aliphatic heterocycles. The van der Waals surface area contributed by atoms with Crippen molar-refractivity contribution in [2.45, 2.75) is 30.6 Å². The van der Waals surface area contributed by atoms with E-state index in [4.69, 9.17) is 5.73 Å². The first-order valence-corrected chi connectivity index (χ1v) is 8.57. The van der Waals surface area contributed by atoms with Gasteiger partial charge in [-0.25, -0.2) is 13.1 Å². The van der Waals surface area contributed by atoms with Crippen LogP contribution in [0.25, 0.3) is 0 Å². The summed E-state index contributed by atoms with van der Waals surface area (Å²) >= 11 is 1.21. The van der Waals surface area contributed by atoms with Crippen molar-refractivity contribution in [2.24, 2.45) is 11.7 Å². The summed E-state index contributed by atoms with van der Waals surface area (Å²) in [6.45, 7) is 5.05. The van der Waals surface area contributed by atoms with Gasteiger partial charge in [0.05, 0.1) is 0 Å². The topological polar surface area (TPSA) is 75.4 Å². The maximum atomic E-state index is 12.3. The summed E-state index contributed by atoms with van der Waals surface area (Å²) in [5, 5.41) is 1.78. The van der Waals surface area contributed by atoms with Gasteiger partial charge in [0.1, 0.15) is 4.21 Å². The van der Waals surface area contributed by atoms with Gasteiger partial charge in [-0.15, -0.1) is 11.3 Å². The smallest absolute Gasteiger partial charge is 0.250 e. The molecule has 0 aliphatic carbocycles. The maximum Gasteiger partial charge on any atom is 0.250 e. The van der Waals surface area contributed by atoms with Crippen molar-refractivity contribution < 1.29 is 8.42 Å². The number of thiophene rings is 1. The lowest BCUT2D eigenvalue weighted by Gasteiger charge is -2.25. The van der Waals surface area contributed by atoms with Gasteiger partial charge in [0.25, 0.3) is 0 Å². The molecule has 0 fully saturated rings. The van der Waals surface area contributed by atoms with E-state index in [1.54, 1.807) is 11.4 Å². The van der Waals surface area contributed by atoms with Crippen molar-refractivity contribution in [1.82, 2.24) is 9.62 Å². The van der Waals surface area contributed by atoms with E-state index in [0.717, 1.165) is 5.56 Å². The first-order chi connectivity index (χ1) is 8.76. The van der Waals surface area contributed by atoms with E-state index in [2.05, 4.69) is 4.72 Å². The molecule has 0 amide bonds. The Morgan fingerprint density at radius 1 is 1.42 bits per heavy atom. The Balaban J connectivity index is 2.87. The number of rotatable bonds is 7. The molecule has 7 heteroatoms. The first kappa shape index (κ1) is 16.6. The van der Waals surface area contributed by atoms with Crippen molar-refractivity contribution in [3.63, 3.8) is 0 Å². The molecular formula is C12H23N3O2S2. The average Bonchev–Trinajstić information content (AvgIpc) is 2.76. The highest BCUT2D eigenvalue weighted by atomic mass is 32.2. The predicted molar refractivity (Wildman–Crippen MR) is 79.7 cm³/mol. The maximum absolute atomic E-state index is 12.3. The van der Waals surface area contributed by atoms with Gasteiger partial charge < -0.3 is 10.6 Å². The van der Waals surface area contributed by atoms with Crippen molar-refractivity contribution in [3.05, 3.63) is 17.0 Å². The second-order valence-electron chi connectivity index (χ2n) is 5.21. The Bertz CT molecular complexity index is 495. The van der Waals surface area contributed by atoms with Crippen LogP contribution in [-0.4, -0.2) is 40.0 Å². The molecule has 0 saturated heterocycles. The molecule has 0 aromatic carbocycles.